The number of halogens is 3. The Balaban J connectivity index is 1.74. The number of nitrogens with zero attached hydrogens (tertiary/aromatic N) is 3. The molecule has 1 saturated carbocycles. The normalized spacial score (nSPS) is 20.8. The minimum absolute atomic E-state index is 0.0491. The van der Waals surface area contributed by atoms with Gasteiger partial charge >= 0.3 is 0 Å². The number of hydrogen-bond acceptors (Lipinski definition) is 4. The molecule has 0 amide bonds. The van der Waals surface area contributed by atoms with Crippen molar-refractivity contribution in [2.45, 2.75) is 49.2 Å². The van der Waals surface area contributed by atoms with Gasteiger partial charge in [0.15, 0.2) is 5.82 Å². The summed E-state index contributed by atoms with van der Waals surface area (Å²) in [6.07, 6.45) is 1.45. The van der Waals surface area contributed by atoms with Crippen LogP contribution in [0.4, 0.5) is 14.6 Å². The predicted octanol–water partition coefficient (Wildman–Crippen LogP) is 4.85. The molecule has 1 unspecified atom stereocenters. The summed E-state index contributed by atoms with van der Waals surface area (Å²) in [4.78, 5) is 2.02. The van der Waals surface area contributed by atoms with Crippen molar-refractivity contribution < 1.29 is 17.2 Å². The molecule has 1 aliphatic heterocycles. The summed E-state index contributed by atoms with van der Waals surface area (Å²) in [6, 6.07) is 8.66. The smallest absolute Gasteiger partial charge is 0.283 e. The Morgan fingerprint density at radius 3 is 2.57 bits per heavy atom. The number of rotatable bonds is 3. The lowest BCUT2D eigenvalue weighted by Crippen LogP contribution is -2.45. The van der Waals surface area contributed by atoms with Crippen LogP contribution in [0, 0.1) is 12.7 Å². The van der Waals surface area contributed by atoms with Crippen molar-refractivity contribution in [2.24, 2.45) is 0 Å². The van der Waals surface area contributed by atoms with Gasteiger partial charge in [-0.15, -0.1) is 5.10 Å². The highest BCUT2D eigenvalue weighted by atomic mass is 35.5. The number of hydrogen-bond donors (Lipinski definition) is 0. The highest BCUT2D eigenvalue weighted by Gasteiger charge is 2.53. The Hall–Kier alpha value is -2.19. The van der Waals surface area contributed by atoms with E-state index in [-0.39, 0.29) is 21.0 Å². The molecule has 5 rings (SSSR count). The molecule has 0 bridgehead atoms. The van der Waals surface area contributed by atoms with Crippen molar-refractivity contribution >= 4 is 38.3 Å². The van der Waals surface area contributed by atoms with Gasteiger partial charge in [-0.1, -0.05) is 29.3 Å². The van der Waals surface area contributed by atoms with Crippen LogP contribution in [0.2, 0.25) is 5.02 Å². The van der Waals surface area contributed by atoms with Gasteiger partial charge in [0.05, 0.1) is 20.8 Å². The first-order valence-electron chi connectivity index (χ1n) is 9.83. The van der Waals surface area contributed by atoms with Crippen LogP contribution >= 0.6 is 11.6 Å². The Labute approximate surface area is 178 Å². The van der Waals surface area contributed by atoms with E-state index >= 15 is 0 Å². The largest absolute Gasteiger partial charge is 0.349 e. The molecule has 1 aliphatic carbocycles. The quantitative estimate of drug-likeness (QED) is 0.571. The second-order valence-corrected chi connectivity index (χ2v) is 10.4. The molecular formula is C21H20ClF2N3O2S. The first kappa shape index (κ1) is 19.8. The van der Waals surface area contributed by atoms with E-state index in [0.29, 0.717) is 30.6 Å². The first-order valence-corrected chi connectivity index (χ1v) is 11.6. The number of aromatic nitrogens is 2. The molecule has 0 N–H and O–H groups in total. The van der Waals surface area contributed by atoms with Gasteiger partial charge in [-0.25, -0.2) is 8.78 Å². The summed E-state index contributed by atoms with van der Waals surface area (Å²) in [6.45, 7) is 2.27. The Morgan fingerprint density at radius 2 is 1.90 bits per heavy atom. The maximum atomic E-state index is 14.2. The maximum Gasteiger partial charge on any atom is 0.283 e. The maximum absolute atomic E-state index is 14.2. The molecule has 9 heteroatoms. The Bertz CT molecular complexity index is 1250. The molecule has 2 aromatic carbocycles. The van der Waals surface area contributed by atoms with E-state index in [9.17, 15) is 17.2 Å². The molecule has 1 atom stereocenters. The summed E-state index contributed by atoms with van der Waals surface area (Å²) in [7, 11) is -4.08. The summed E-state index contributed by atoms with van der Waals surface area (Å²) >= 11 is 6.37. The average molecular weight is 452 g/mol. The zero-order valence-electron chi connectivity index (χ0n) is 16.3. The Morgan fingerprint density at radius 1 is 1.20 bits per heavy atom. The lowest BCUT2D eigenvalue weighted by atomic mass is 9.98. The second-order valence-electron chi connectivity index (χ2n) is 8.23. The van der Waals surface area contributed by atoms with Crippen LogP contribution in [0.1, 0.15) is 31.2 Å². The van der Waals surface area contributed by atoms with E-state index in [1.165, 1.54) is 12.1 Å². The molecule has 2 aliphatic rings. The molecule has 1 aromatic heterocycles. The molecule has 5 nitrogen and oxygen atoms in total. The zero-order valence-corrected chi connectivity index (χ0v) is 17.8. The standard InChI is InChI=1S/C21H20ClF2N3O2S/c1-13-2-4-16(5-3-13)30(28,29)27-18-11-15(24)10-17(22)19(18)20(25-27)26-9-6-14(23)12-21(26)7-8-21/h2-5,10-11,14H,6-9,12H2,1H3. The van der Waals surface area contributed by atoms with Gasteiger partial charge in [-0.3, -0.25) is 0 Å². The Kier molecular flexibility index (Phi) is 4.38. The predicted molar refractivity (Wildman–Crippen MR) is 112 cm³/mol. The van der Waals surface area contributed by atoms with E-state index in [2.05, 4.69) is 5.10 Å². The minimum Gasteiger partial charge on any atom is -0.349 e. The van der Waals surface area contributed by atoms with Crippen molar-refractivity contribution in [1.82, 2.24) is 9.19 Å². The minimum atomic E-state index is -4.08. The lowest BCUT2D eigenvalue weighted by molar-refractivity contribution is 0.236. The topological polar surface area (TPSA) is 55.2 Å². The lowest BCUT2D eigenvalue weighted by Gasteiger charge is -2.38. The van der Waals surface area contributed by atoms with Gasteiger partial charge < -0.3 is 4.90 Å². The molecule has 3 aromatic rings. The molecule has 0 radical (unpaired) electrons. The number of aryl methyl sites for hydroxylation is 1. The van der Waals surface area contributed by atoms with Gasteiger partial charge in [0.25, 0.3) is 10.0 Å². The van der Waals surface area contributed by atoms with Gasteiger partial charge in [0.2, 0.25) is 0 Å². The van der Waals surface area contributed by atoms with E-state index in [0.717, 1.165) is 34.6 Å². The molecular weight excluding hydrogens is 432 g/mol. The van der Waals surface area contributed by atoms with Crippen LogP contribution in [0.15, 0.2) is 41.3 Å². The van der Waals surface area contributed by atoms with Crippen molar-refractivity contribution in [3.05, 3.63) is 52.8 Å². The van der Waals surface area contributed by atoms with Crippen molar-refractivity contribution in [3.8, 4) is 0 Å². The molecule has 2 fully saturated rings. The first-order chi connectivity index (χ1) is 14.2. The monoisotopic (exact) mass is 451 g/mol. The third kappa shape index (κ3) is 3.00. The van der Waals surface area contributed by atoms with Crippen molar-refractivity contribution in [3.63, 3.8) is 0 Å². The van der Waals surface area contributed by atoms with Crippen LogP contribution in [0.3, 0.4) is 0 Å². The average Bonchev–Trinajstić information content (AvgIpc) is 3.31. The highest BCUT2D eigenvalue weighted by Crippen LogP contribution is 2.52. The van der Waals surface area contributed by atoms with Crippen LogP contribution in [0.5, 0.6) is 0 Å². The molecule has 2 heterocycles. The number of fused-ring (bicyclic) bond motifs is 1. The zero-order chi connectivity index (χ0) is 21.3. The fourth-order valence-corrected chi connectivity index (χ4v) is 5.94. The second kappa shape index (κ2) is 6.65. The van der Waals surface area contributed by atoms with Gasteiger partial charge in [-0.05, 0) is 44.4 Å². The third-order valence-corrected chi connectivity index (χ3v) is 8.02. The molecule has 30 heavy (non-hydrogen) atoms. The van der Waals surface area contributed by atoms with Gasteiger partial charge in [0, 0.05) is 24.6 Å². The van der Waals surface area contributed by atoms with Crippen LogP contribution in [0.25, 0.3) is 10.9 Å². The van der Waals surface area contributed by atoms with E-state index < -0.39 is 22.0 Å². The number of anilines is 1. The summed E-state index contributed by atoms with van der Waals surface area (Å²) in [5.74, 6) is -0.280. The van der Waals surface area contributed by atoms with Crippen LogP contribution in [-0.4, -0.2) is 35.9 Å². The fraction of sp³-hybridized carbons (Fsp3) is 0.381. The molecule has 158 valence electrons. The van der Waals surface area contributed by atoms with Crippen LogP contribution < -0.4 is 4.90 Å². The number of alkyl halides is 1. The number of benzene rings is 2. The van der Waals surface area contributed by atoms with Gasteiger partial charge in [0.1, 0.15) is 12.0 Å². The van der Waals surface area contributed by atoms with Crippen LogP contribution in [-0.2, 0) is 10.0 Å². The molecule has 1 spiro atoms. The summed E-state index contributed by atoms with van der Waals surface area (Å²) in [5.41, 5.74) is 0.627. The van der Waals surface area contributed by atoms with E-state index in [1.54, 1.807) is 12.1 Å². The van der Waals surface area contributed by atoms with Gasteiger partial charge in [-0.2, -0.15) is 12.5 Å². The SMILES string of the molecule is Cc1ccc(S(=O)(=O)n2nc(N3CCC(F)CC34CC4)c3c(Cl)cc(F)cc32)cc1. The summed E-state index contributed by atoms with van der Waals surface area (Å²) in [5, 5.41) is 4.89. The van der Waals surface area contributed by atoms with E-state index in [4.69, 9.17) is 11.6 Å². The van der Waals surface area contributed by atoms with Crippen molar-refractivity contribution in [2.75, 3.05) is 11.4 Å². The fourth-order valence-electron chi connectivity index (χ4n) is 4.38. The highest BCUT2D eigenvalue weighted by molar-refractivity contribution is 7.90. The van der Waals surface area contributed by atoms with E-state index in [1.807, 2.05) is 11.8 Å². The molecule has 1 saturated heterocycles. The number of piperidine rings is 1. The third-order valence-electron chi connectivity index (χ3n) is 6.12. The summed E-state index contributed by atoms with van der Waals surface area (Å²) < 4.78 is 55.9. The van der Waals surface area contributed by atoms with Crippen molar-refractivity contribution in [1.29, 1.82) is 0 Å².